The van der Waals surface area contributed by atoms with Gasteiger partial charge < -0.3 is 9.84 Å². The van der Waals surface area contributed by atoms with Crippen molar-refractivity contribution >= 4 is 23.3 Å². The fourth-order valence-electron chi connectivity index (χ4n) is 1.62. The van der Waals surface area contributed by atoms with Crippen LogP contribution in [0.2, 0.25) is 5.15 Å². The van der Waals surface area contributed by atoms with Crippen molar-refractivity contribution < 1.29 is 19.6 Å². The molecular weight excluding hydrogens is 300 g/mol. The van der Waals surface area contributed by atoms with Crippen molar-refractivity contribution in [1.29, 1.82) is 0 Å². The molecule has 2 aromatic rings. The number of benzene rings is 1. The second-order valence-corrected chi connectivity index (χ2v) is 4.52. The quantitative estimate of drug-likeness (QED) is 0.527. The van der Waals surface area contributed by atoms with Gasteiger partial charge in [-0.2, -0.15) is 0 Å². The predicted octanol–water partition coefficient (Wildman–Crippen LogP) is 3.44. The number of pyridine rings is 1. The first kappa shape index (κ1) is 14.7. The van der Waals surface area contributed by atoms with E-state index < -0.39 is 10.9 Å². The van der Waals surface area contributed by atoms with Gasteiger partial charge in [-0.05, 0) is 24.6 Å². The van der Waals surface area contributed by atoms with Crippen LogP contribution >= 0.6 is 11.6 Å². The van der Waals surface area contributed by atoms with Crippen LogP contribution in [-0.4, -0.2) is 21.0 Å². The normalized spacial score (nSPS) is 10.2. The highest BCUT2D eigenvalue weighted by atomic mass is 35.5. The third-order valence-electron chi connectivity index (χ3n) is 2.60. The molecule has 0 saturated carbocycles. The number of halogens is 1. The number of nitro groups is 1. The van der Waals surface area contributed by atoms with Gasteiger partial charge in [-0.25, -0.2) is 9.78 Å². The number of hydrogen-bond donors (Lipinski definition) is 1. The summed E-state index contributed by atoms with van der Waals surface area (Å²) in [4.78, 5) is 24.9. The maximum Gasteiger partial charge on any atom is 0.335 e. The van der Waals surface area contributed by atoms with Gasteiger partial charge in [-0.1, -0.05) is 11.6 Å². The minimum absolute atomic E-state index is 0.00291. The minimum Gasteiger partial charge on any atom is -0.478 e. The molecule has 108 valence electrons. The molecule has 1 N–H and O–H groups in total. The van der Waals surface area contributed by atoms with Gasteiger partial charge in [-0.15, -0.1) is 0 Å². The molecule has 0 atom stereocenters. The fourth-order valence-corrected chi connectivity index (χ4v) is 1.82. The third kappa shape index (κ3) is 3.46. The van der Waals surface area contributed by atoms with Crippen LogP contribution in [0.25, 0.3) is 0 Å². The van der Waals surface area contributed by atoms with Gasteiger partial charge in [0.1, 0.15) is 10.9 Å². The Morgan fingerprint density at radius 1 is 1.38 bits per heavy atom. The summed E-state index contributed by atoms with van der Waals surface area (Å²) < 4.78 is 5.43. The summed E-state index contributed by atoms with van der Waals surface area (Å²) >= 11 is 5.72. The molecular formula is C13H9ClN2O5. The Balaban J connectivity index is 2.34. The lowest BCUT2D eigenvalue weighted by molar-refractivity contribution is -0.384. The molecule has 21 heavy (non-hydrogen) atoms. The lowest BCUT2D eigenvalue weighted by atomic mass is 10.2. The van der Waals surface area contributed by atoms with Gasteiger partial charge in [0.05, 0.1) is 10.5 Å². The molecule has 0 aliphatic carbocycles. The van der Waals surface area contributed by atoms with Gasteiger partial charge in [-0.3, -0.25) is 10.1 Å². The second kappa shape index (κ2) is 5.76. The van der Waals surface area contributed by atoms with Crippen LogP contribution in [-0.2, 0) is 0 Å². The molecule has 8 heteroatoms. The Hall–Kier alpha value is -2.67. The molecule has 0 spiro atoms. The summed E-state index contributed by atoms with van der Waals surface area (Å²) in [5.41, 5.74) is 0.387. The minimum atomic E-state index is -1.16. The van der Waals surface area contributed by atoms with Crippen molar-refractivity contribution in [2.24, 2.45) is 0 Å². The highest BCUT2D eigenvalue weighted by molar-refractivity contribution is 6.29. The lowest BCUT2D eigenvalue weighted by Crippen LogP contribution is -1.99. The maximum atomic E-state index is 10.9. The highest BCUT2D eigenvalue weighted by Gasteiger charge is 2.12. The van der Waals surface area contributed by atoms with Crippen LogP contribution in [0.15, 0.2) is 30.3 Å². The monoisotopic (exact) mass is 308 g/mol. The first-order chi connectivity index (χ1) is 9.86. The van der Waals surface area contributed by atoms with E-state index in [9.17, 15) is 14.9 Å². The number of ether oxygens (including phenoxy) is 1. The van der Waals surface area contributed by atoms with Crippen LogP contribution in [0.1, 0.15) is 15.9 Å². The van der Waals surface area contributed by atoms with Crippen LogP contribution < -0.4 is 4.74 Å². The second-order valence-electron chi connectivity index (χ2n) is 4.13. The number of non-ortho nitro benzene ring substituents is 1. The largest absolute Gasteiger partial charge is 0.478 e. The van der Waals surface area contributed by atoms with E-state index in [2.05, 4.69) is 4.98 Å². The molecule has 0 unspecified atom stereocenters. The fraction of sp³-hybridized carbons (Fsp3) is 0.0769. The number of hydrogen-bond acceptors (Lipinski definition) is 5. The number of aromatic carboxylic acids is 1. The molecule has 1 aromatic carbocycles. The number of carbonyl (C=O) groups is 1. The number of carboxylic acid groups (broad SMARTS) is 1. The van der Waals surface area contributed by atoms with Crippen molar-refractivity contribution in [2.45, 2.75) is 6.92 Å². The standard InChI is InChI=1S/C13H9ClN2O5/c1-7-4-9(16(19)20)2-3-10(7)21-12-6-8(13(17)18)5-11(14)15-12/h2-6H,1H3,(H,17,18). The van der Waals surface area contributed by atoms with E-state index in [1.165, 1.54) is 30.3 Å². The Bertz CT molecular complexity index is 732. The SMILES string of the molecule is Cc1cc([N+](=O)[O-])ccc1Oc1cc(C(=O)O)cc(Cl)n1. The maximum absolute atomic E-state index is 10.9. The highest BCUT2D eigenvalue weighted by Crippen LogP contribution is 2.28. The number of carboxylic acids is 1. The van der Waals surface area contributed by atoms with Crippen LogP contribution in [0.3, 0.4) is 0 Å². The smallest absolute Gasteiger partial charge is 0.335 e. The summed E-state index contributed by atoms with van der Waals surface area (Å²) in [5.74, 6) is -0.840. The molecule has 0 aliphatic heterocycles. The average Bonchev–Trinajstić information content (AvgIpc) is 2.40. The van der Waals surface area contributed by atoms with Crippen LogP contribution in [0.4, 0.5) is 5.69 Å². The molecule has 0 radical (unpaired) electrons. The molecule has 1 aromatic heterocycles. The first-order valence-corrected chi connectivity index (χ1v) is 6.08. The zero-order valence-corrected chi connectivity index (χ0v) is 11.5. The first-order valence-electron chi connectivity index (χ1n) is 5.70. The van der Waals surface area contributed by atoms with Crippen LogP contribution in [0, 0.1) is 17.0 Å². The van der Waals surface area contributed by atoms with E-state index >= 15 is 0 Å². The van der Waals surface area contributed by atoms with Gasteiger partial charge in [0.15, 0.2) is 0 Å². The Kier molecular flexibility index (Phi) is 4.04. The average molecular weight is 309 g/mol. The summed E-state index contributed by atoms with van der Waals surface area (Å²) in [7, 11) is 0. The molecule has 0 amide bonds. The molecule has 0 fully saturated rings. The van der Waals surface area contributed by atoms with E-state index in [1.807, 2.05) is 0 Å². The van der Waals surface area contributed by atoms with E-state index in [4.69, 9.17) is 21.4 Å². The van der Waals surface area contributed by atoms with E-state index in [0.29, 0.717) is 11.3 Å². The molecule has 1 heterocycles. The van der Waals surface area contributed by atoms with E-state index in [-0.39, 0.29) is 22.3 Å². The molecule has 2 rings (SSSR count). The third-order valence-corrected chi connectivity index (χ3v) is 2.80. The van der Waals surface area contributed by atoms with Crippen molar-refractivity contribution in [3.8, 4) is 11.6 Å². The van der Waals surface area contributed by atoms with Crippen molar-refractivity contribution in [2.75, 3.05) is 0 Å². The summed E-state index contributed by atoms with van der Waals surface area (Å²) in [6.07, 6.45) is 0. The molecule has 0 bridgehead atoms. The number of nitrogens with zero attached hydrogens (tertiary/aromatic N) is 2. The summed E-state index contributed by atoms with van der Waals surface area (Å²) in [6.45, 7) is 1.63. The zero-order chi connectivity index (χ0) is 15.6. The van der Waals surface area contributed by atoms with Gasteiger partial charge in [0.25, 0.3) is 5.69 Å². The Labute approximate surface area is 123 Å². The summed E-state index contributed by atoms with van der Waals surface area (Å²) in [5, 5.41) is 19.6. The van der Waals surface area contributed by atoms with Gasteiger partial charge >= 0.3 is 5.97 Å². The molecule has 0 aliphatic rings. The Morgan fingerprint density at radius 3 is 2.67 bits per heavy atom. The van der Waals surface area contributed by atoms with Crippen LogP contribution in [0.5, 0.6) is 11.6 Å². The van der Waals surface area contributed by atoms with Gasteiger partial charge in [0, 0.05) is 18.2 Å². The van der Waals surface area contributed by atoms with Crippen molar-refractivity contribution in [1.82, 2.24) is 4.98 Å². The number of aromatic nitrogens is 1. The predicted molar refractivity (Wildman–Crippen MR) is 74.1 cm³/mol. The van der Waals surface area contributed by atoms with E-state index in [0.717, 1.165) is 0 Å². The topological polar surface area (TPSA) is 103 Å². The van der Waals surface area contributed by atoms with Gasteiger partial charge in [0.2, 0.25) is 5.88 Å². The lowest BCUT2D eigenvalue weighted by Gasteiger charge is -2.08. The van der Waals surface area contributed by atoms with Crippen molar-refractivity contribution in [3.05, 3.63) is 56.7 Å². The van der Waals surface area contributed by atoms with E-state index in [1.54, 1.807) is 6.92 Å². The number of aryl methyl sites for hydroxylation is 1. The summed E-state index contributed by atoms with van der Waals surface area (Å²) in [6, 6.07) is 6.45. The Morgan fingerprint density at radius 2 is 2.10 bits per heavy atom. The molecule has 7 nitrogen and oxygen atoms in total. The number of nitro benzene ring substituents is 1. The molecule has 0 saturated heterocycles. The number of rotatable bonds is 4. The zero-order valence-electron chi connectivity index (χ0n) is 10.7. The van der Waals surface area contributed by atoms with Crippen molar-refractivity contribution in [3.63, 3.8) is 0 Å².